The number of fused-ring (bicyclic) bond motifs is 3. The molecule has 0 bridgehead atoms. The van der Waals surface area contributed by atoms with Gasteiger partial charge in [-0.3, -0.25) is 0 Å². The van der Waals surface area contributed by atoms with Crippen LogP contribution < -0.4 is 0 Å². The first-order valence-corrected chi connectivity index (χ1v) is 16.2. The van der Waals surface area contributed by atoms with E-state index in [1.54, 1.807) is 0 Å². The van der Waals surface area contributed by atoms with E-state index in [2.05, 4.69) is 135 Å². The Hall–Kier alpha value is -3.90. The lowest BCUT2D eigenvalue weighted by atomic mass is 9.98. The second-order valence-corrected chi connectivity index (χ2v) is 11.8. The number of hydrogen-bond acceptors (Lipinski definition) is 0. The normalized spacial score (nSPS) is 11.9. The summed E-state index contributed by atoms with van der Waals surface area (Å²) in [5.41, 5.74) is 7.87. The molecular formula is C42H46. The zero-order chi connectivity index (χ0) is 29.0. The average molecular weight is 551 g/mol. The first kappa shape index (κ1) is 29.6. The minimum Gasteiger partial charge on any atom is -0.0654 e. The Balaban J connectivity index is 1.22. The Kier molecular flexibility index (Phi) is 10.8. The van der Waals surface area contributed by atoms with Gasteiger partial charge < -0.3 is 0 Å². The van der Waals surface area contributed by atoms with E-state index in [9.17, 15) is 0 Å². The monoisotopic (exact) mass is 550 g/mol. The molecule has 0 unspecified atom stereocenters. The molecule has 0 nitrogen and oxygen atoms in total. The Bertz CT molecular complexity index is 1490. The summed E-state index contributed by atoms with van der Waals surface area (Å²) in [5, 5.41) is 5.18. The molecule has 0 heteroatoms. The van der Waals surface area contributed by atoms with Crippen LogP contribution in [0, 0.1) is 0 Å². The van der Waals surface area contributed by atoms with Crippen LogP contribution in [0.25, 0.3) is 45.8 Å². The van der Waals surface area contributed by atoms with E-state index in [-0.39, 0.29) is 0 Å². The fraction of sp³-hybridized carbons (Fsp3) is 0.286. The third-order valence-electron chi connectivity index (χ3n) is 8.42. The van der Waals surface area contributed by atoms with Gasteiger partial charge >= 0.3 is 0 Å². The Labute approximate surface area is 253 Å². The maximum atomic E-state index is 2.30. The molecule has 0 aliphatic rings. The molecule has 0 aliphatic carbocycles. The van der Waals surface area contributed by atoms with Crippen molar-refractivity contribution >= 4 is 45.8 Å². The quantitative estimate of drug-likeness (QED) is 0.0732. The molecule has 0 atom stereocenters. The number of hydrogen-bond donors (Lipinski definition) is 0. The van der Waals surface area contributed by atoms with Gasteiger partial charge in [0, 0.05) is 0 Å². The smallest absolute Gasteiger partial charge is 0.0105 e. The van der Waals surface area contributed by atoms with Crippen molar-refractivity contribution in [2.24, 2.45) is 0 Å². The highest BCUT2D eigenvalue weighted by atomic mass is 14.1. The minimum absolute atomic E-state index is 1.19. The maximum Gasteiger partial charge on any atom is -0.0105 e. The molecule has 0 saturated carbocycles. The predicted octanol–water partition coefficient (Wildman–Crippen LogP) is 12.6. The molecule has 0 heterocycles. The van der Waals surface area contributed by atoms with Crippen LogP contribution in [0.1, 0.15) is 98.6 Å². The van der Waals surface area contributed by atoms with Crippen LogP contribution in [-0.2, 0) is 12.8 Å². The summed E-state index contributed by atoms with van der Waals surface area (Å²) in [6.45, 7) is 4.54. The van der Waals surface area contributed by atoms with Gasteiger partial charge in [-0.05, 0) is 92.7 Å². The van der Waals surface area contributed by atoms with Crippen LogP contribution in [0.5, 0.6) is 0 Å². The van der Waals surface area contributed by atoms with Gasteiger partial charge in [0.05, 0.1) is 0 Å². The summed E-state index contributed by atoms with van der Waals surface area (Å²) >= 11 is 0. The summed E-state index contributed by atoms with van der Waals surface area (Å²) in [6, 6.07) is 36.3. The van der Waals surface area contributed by atoms with Crippen molar-refractivity contribution in [3.8, 4) is 0 Å². The lowest BCUT2D eigenvalue weighted by Crippen LogP contribution is -1.86. The number of benzene rings is 5. The van der Waals surface area contributed by atoms with Crippen LogP contribution in [-0.4, -0.2) is 0 Å². The molecule has 5 aromatic rings. The van der Waals surface area contributed by atoms with E-state index in [0.29, 0.717) is 0 Å². The van der Waals surface area contributed by atoms with E-state index < -0.39 is 0 Å². The van der Waals surface area contributed by atoms with Crippen LogP contribution >= 0.6 is 0 Å². The average Bonchev–Trinajstić information content (AvgIpc) is 3.04. The first-order valence-electron chi connectivity index (χ1n) is 16.2. The second-order valence-electron chi connectivity index (χ2n) is 11.8. The van der Waals surface area contributed by atoms with E-state index >= 15 is 0 Å². The Morgan fingerprint density at radius 1 is 0.381 bits per heavy atom. The van der Waals surface area contributed by atoms with Crippen LogP contribution in [0.2, 0.25) is 0 Å². The fourth-order valence-electron chi connectivity index (χ4n) is 5.80. The van der Waals surface area contributed by atoms with Gasteiger partial charge in [-0.25, -0.2) is 0 Å². The molecule has 0 saturated heterocycles. The topological polar surface area (TPSA) is 0 Å². The van der Waals surface area contributed by atoms with Crippen LogP contribution in [0.15, 0.2) is 97.1 Å². The predicted molar refractivity (Wildman–Crippen MR) is 188 cm³/mol. The van der Waals surface area contributed by atoms with Crippen molar-refractivity contribution < 1.29 is 0 Å². The molecule has 0 amide bonds. The highest BCUT2D eigenvalue weighted by molar-refractivity contribution is 6.08. The third-order valence-corrected chi connectivity index (χ3v) is 8.42. The van der Waals surface area contributed by atoms with Crippen molar-refractivity contribution in [1.29, 1.82) is 0 Å². The summed E-state index contributed by atoms with van der Waals surface area (Å²) in [5.74, 6) is 0. The molecule has 0 aliphatic heterocycles. The highest BCUT2D eigenvalue weighted by Crippen LogP contribution is 2.28. The van der Waals surface area contributed by atoms with Crippen LogP contribution in [0.3, 0.4) is 0 Å². The van der Waals surface area contributed by atoms with Crippen molar-refractivity contribution in [3.05, 3.63) is 130 Å². The zero-order valence-electron chi connectivity index (χ0n) is 25.6. The van der Waals surface area contributed by atoms with Crippen molar-refractivity contribution in [2.45, 2.75) is 78.1 Å². The van der Waals surface area contributed by atoms with Gasteiger partial charge in [0.15, 0.2) is 0 Å². The highest BCUT2D eigenvalue weighted by Gasteiger charge is 2.03. The molecular weight excluding hydrogens is 504 g/mol. The van der Waals surface area contributed by atoms with Crippen LogP contribution in [0.4, 0.5) is 0 Å². The molecule has 214 valence electrons. The molecule has 0 spiro atoms. The Morgan fingerprint density at radius 2 is 0.762 bits per heavy atom. The second kappa shape index (κ2) is 15.4. The van der Waals surface area contributed by atoms with E-state index in [4.69, 9.17) is 0 Å². The number of aryl methyl sites for hydroxylation is 2. The van der Waals surface area contributed by atoms with E-state index in [0.717, 1.165) is 0 Å². The minimum atomic E-state index is 1.19. The van der Waals surface area contributed by atoms with Gasteiger partial charge in [-0.2, -0.15) is 0 Å². The molecule has 0 radical (unpaired) electrons. The van der Waals surface area contributed by atoms with E-state index in [1.807, 2.05) is 0 Å². The third kappa shape index (κ3) is 8.32. The zero-order valence-corrected chi connectivity index (χ0v) is 25.6. The van der Waals surface area contributed by atoms with Gasteiger partial charge in [0.25, 0.3) is 0 Å². The number of unbranched alkanes of at least 4 members (excludes halogenated alkanes) is 6. The summed E-state index contributed by atoms with van der Waals surface area (Å²) in [6.07, 6.45) is 21.8. The van der Waals surface area contributed by atoms with Crippen molar-refractivity contribution in [3.63, 3.8) is 0 Å². The first-order chi connectivity index (χ1) is 20.7. The number of rotatable bonds is 14. The molecule has 0 aromatic heterocycles. The maximum absolute atomic E-state index is 2.30. The van der Waals surface area contributed by atoms with Crippen molar-refractivity contribution in [1.82, 2.24) is 0 Å². The molecule has 0 N–H and O–H groups in total. The molecule has 5 aromatic carbocycles. The molecule has 42 heavy (non-hydrogen) atoms. The summed E-state index contributed by atoms with van der Waals surface area (Å²) in [4.78, 5) is 0. The van der Waals surface area contributed by atoms with Gasteiger partial charge in [0.2, 0.25) is 0 Å². The lowest BCUT2D eigenvalue weighted by Gasteiger charge is -2.07. The van der Waals surface area contributed by atoms with Gasteiger partial charge in [0.1, 0.15) is 0 Å². The largest absolute Gasteiger partial charge is 0.0654 e. The standard InChI is InChI=1S/C42H46/c1-3-5-7-9-11-33-13-17-35(18-14-33)21-23-37-25-29-41-39(31-37)27-28-40-32-38(26-30-42(40)41)24-22-36-19-15-34(16-20-36)12-10-8-6-4-2/h13-32H,3-12H2,1-2H3. The molecule has 0 fully saturated rings. The Morgan fingerprint density at radius 3 is 1.17 bits per heavy atom. The fourth-order valence-corrected chi connectivity index (χ4v) is 5.80. The van der Waals surface area contributed by atoms with Crippen molar-refractivity contribution in [2.75, 3.05) is 0 Å². The van der Waals surface area contributed by atoms with Gasteiger partial charge in [-0.15, -0.1) is 0 Å². The summed E-state index contributed by atoms with van der Waals surface area (Å²) in [7, 11) is 0. The lowest BCUT2D eigenvalue weighted by molar-refractivity contribution is 0.667. The van der Waals surface area contributed by atoms with E-state index in [1.165, 1.54) is 119 Å². The van der Waals surface area contributed by atoms with Gasteiger partial charge in [-0.1, -0.05) is 162 Å². The molecule has 5 rings (SSSR count). The summed E-state index contributed by atoms with van der Waals surface area (Å²) < 4.78 is 0. The SMILES string of the molecule is CCCCCCc1ccc(C=Cc2ccc3c(ccc4cc(C=Cc5ccc(CCCCCC)cc5)ccc43)c2)cc1.